The molecule has 1 aliphatic carbocycles. The lowest BCUT2D eigenvalue weighted by Crippen LogP contribution is -2.18. The van der Waals surface area contributed by atoms with Crippen molar-refractivity contribution in [3.63, 3.8) is 0 Å². The molecule has 9 heteroatoms. The third-order valence-corrected chi connectivity index (χ3v) is 4.80. The normalized spacial score (nSPS) is 17.6. The Kier molecular flexibility index (Phi) is 4.77. The summed E-state index contributed by atoms with van der Waals surface area (Å²) >= 11 is 17.9. The summed E-state index contributed by atoms with van der Waals surface area (Å²) in [5.41, 5.74) is 7.09. The van der Waals surface area contributed by atoms with Crippen molar-refractivity contribution in [1.82, 2.24) is 4.98 Å². The number of halogens is 3. The van der Waals surface area contributed by atoms with Gasteiger partial charge in [-0.05, 0) is 30.7 Å². The number of nitrogens with zero attached hydrogens (tertiary/aromatic N) is 1. The predicted molar refractivity (Wildman–Crippen MR) is 99.2 cm³/mol. The predicted octanol–water partition coefficient (Wildman–Crippen LogP) is 3.70. The molecule has 6 nitrogen and oxygen atoms in total. The molecule has 1 fully saturated rings. The molecule has 1 heterocycles. The molecule has 0 spiro atoms. The zero-order valence-corrected chi connectivity index (χ0v) is 15.0. The Hall–Kier alpha value is -2.02. The molecule has 1 aromatic carbocycles. The van der Waals surface area contributed by atoms with E-state index >= 15 is 0 Å². The Morgan fingerprint density at radius 2 is 1.88 bits per heavy atom. The van der Waals surface area contributed by atoms with Crippen LogP contribution in [0.5, 0.6) is 0 Å². The lowest BCUT2D eigenvalue weighted by Gasteiger charge is -2.10. The van der Waals surface area contributed by atoms with Gasteiger partial charge in [-0.1, -0.05) is 11.6 Å². The van der Waals surface area contributed by atoms with Crippen molar-refractivity contribution >= 4 is 63.7 Å². The van der Waals surface area contributed by atoms with E-state index in [1.54, 1.807) is 12.1 Å². The number of anilines is 3. The smallest absolute Gasteiger partial charge is 0.257 e. The second-order valence-corrected chi connectivity index (χ2v) is 7.61. The average molecular weight is 400 g/mol. The number of nitrogens with one attached hydrogen (secondary N) is 2. The van der Waals surface area contributed by atoms with Crippen molar-refractivity contribution in [3.8, 4) is 0 Å². The van der Waals surface area contributed by atoms with Crippen LogP contribution in [-0.2, 0) is 4.79 Å². The van der Waals surface area contributed by atoms with Crippen molar-refractivity contribution < 1.29 is 9.59 Å². The molecule has 0 radical (unpaired) electrons. The van der Waals surface area contributed by atoms with Crippen LogP contribution in [-0.4, -0.2) is 21.1 Å². The third-order valence-electron chi connectivity index (χ3n) is 3.64. The zero-order valence-electron chi connectivity index (χ0n) is 12.7. The molecule has 0 bridgehead atoms. The average Bonchev–Trinajstić information content (AvgIpc) is 3.18. The highest BCUT2D eigenvalue weighted by Gasteiger charge is 2.56. The van der Waals surface area contributed by atoms with E-state index in [9.17, 15) is 9.59 Å². The van der Waals surface area contributed by atoms with Gasteiger partial charge >= 0.3 is 0 Å². The molecule has 3 rings (SSSR count). The monoisotopic (exact) mass is 398 g/mol. The number of aromatic nitrogens is 1. The number of nitrogens with two attached hydrogens (primary N) is 1. The third kappa shape index (κ3) is 4.15. The van der Waals surface area contributed by atoms with Crippen molar-refractivity contribution in [1.29, 1.82) is 0 Å². The van der Waals surface area contributed by atoms with E-state index < -0.39 is 16.2 Å². The number of hydrogen-bond acceptors (Lipinski definition) is 4. The molecule has 130 valence electrons. The maximum Gasteiger partial charge on any atom is 0.257 e. The van der Waals surface area contributed by atoms with E-state index in [4.69, 9.17) is 40.5 Å². The van der Waals surface area contributed by atoms with Crippen LogP contribution in [0, 0.1) is 5.92 Å². The molecule has 25 heavy (non-hydrogen) atoms. The molecule has 2 aromatic rings. The summed E-state index contributed by atoms with van der Waals surface area (Å²) in [4.78, 5) is 28.4. The highest BCUT2D eigenvalue weighted by Crippen LogP contribution is 2.53. The number of rotatable bonds is 4. The molecule has 1 unspecified atom stereocenters. The lowest BCUT2D eigenvalue weighted by atomic mass is 10.1. The van der Waals surface area contributed by atoms with E-state index in [-0.39, 0.29) is 16.5 Å². The first-order chi connectivity index (χ1) is 11.8. The number of carbonyl (C=O) groups is 2. The fourth-order valence-electron chi connectivity index (χ4n) is 2.23. The van der Waals surface area contributed by atoms with Gasteiger partial charge in [-0.3, -0.25) is 14.6 Å². The van der Waals surface area contributed by atoms with Gasteiger partial charge in [0, 0.05) is 11.9 Å². The fraction of sp³-hybridized carbons (Fsp3) is 0.188. The summed E-state index contributed by atoms with van der Waals surface area (Å²) in [5, 5.41) is 5.56. The van der Waals surface area contributed by atoms with Gasteiger partial charge in [0.25, 0.3) is 5.91 Å². The van der Waals surface area contributed by atoms with E-state index in [1.165, 1.54) is 24.5 Å². The fourth-order valence-corrected chi connectivity index (χ4v) is 2.94. The summed E-state index contributed by atoms with van der Waals surface area (Å²) in [7, 11) is 0. The van der Waals surface area contributed by atoms with Crippen LogP contribution < -0.4 is 16.4 Å². The van der Waals surface area contributed by atoms with Crippen molar-refractivity contribution in [2.24, 2.45) is 5.92 Å². The number of nitrogen functional groups attached to an aromatic ring is 1. The maximum absolute atomic E-state index is 12.4. The number of amides is 2. The quantitative estimate of drug-likeness (QED) is 0.683. The Bertz CT molecular complexity index is 857. The molecule has 1 aromatic heterocycles. The second-order valence-electron chi connectivity index (χ2n) is 5.66. The molecule has 1 aliphatic rings. The first-order valence-electron chi connectivity index (χ1n) is 7.26. The number of alkyl halides is 2. The van der Waals surface area contributed by atoms with Crippen molar-refractivity contribution in [2.45, 2.75) is 10.8 Å². The Morgan fingerprint density at radius 3 is 2.52 bits per heavy atom. The summed E-state index contributed by atoms with van der Waals surface area (Å²) in [5.74, 6) is -1.23. The molecular weight excluding hydrogens is 387 g/mol. The highest BCUT2D eigenvalue weighted by atomic mass is 35.5. The molecule has 4 N–H and O–H groups in total. The van der Waals surface area contributed by atoms with E-state index in [0.29, 0.717) is 23.5 Å². The van der Waals surface area contributed by atoms with Gasteiger partial charge in [0.2, 0.25) is 5.91 Å². The Labute approximate surface area is 158 Å². The van der Waals surface area contributed by atoms with Gasteiger partial charge in [0.1, 0.15) is 4.33 Å². The van der Waals surface area contributed by atoms with Crippen LogP contribution >= 0.6 is 34.8 Å². The molecule has 0 saturated heterocycles. The lowest BCUT2D eigenvalue weighted by molar-refractivity contribution is -0.117. The maximum atomic E-state index is 12.4. The summed E-state index contributed by atoms with van der Waals surface area (Å²) in [6, 6.07) is 6.15. The largest absolute Gasteiger partial charge is 0.397 e. The van der Waals surface area contributed by atoms with Crippen LogP contribution in [0.4, 0.5) is 17.1 Å². The Morgan fingerprint density at radius 1 is 1.16 bits per heavy atom. The molecular formula is C16H13Cl3N4O2. The van der Waals surface area contributed by atoms with Gasteiger partial charge in [-0.2, -0.15) is 0 Å². The number of benzene rings is 1. The second kappa shape index (κ2) is 6.71. The molecule has 0 aliphatic heterocycles. The highest BCUT2D eigenvalue weighted by molar-refractivity contribution is 6.52. The van der Waals surface area contributed by atoms with Gasteiger partial charge < -0.3 is 16.4 Å². The minimum Gasteiger partial charge on any atom is -0.397 e. The topological polar surface area (TPSA) is 97.1 Å². The SMILES string of the molecule is Nc1cncc(NC(=O)c2cc(NC(=O)C3CC3(Cl)Cl)ccc2Cl)c1. The Balaban J connectivity index is 1.75. The van der Waals surface area contributed by atoms with Crippen LogP contribution in [0.3, 0.4) is 0 Å². The van der Waals surface area contributed by atoms with E-state index in [0.717, 1.165) is 0 Å². The van der Waals surface area contributed by atoms with E-state index in [1.807, 2.05) is 0 Å². The van der Waals surface area contributed by atoms with Crippen LogP contribution in [0.25, 0.3) is 0 Å². The summed E-state index contributed by atoms with van der Waals surface area (Å²) in [6.45, 7) is 0. The number of pyridine rings is 1. The van der Waals surface area contributed by atoms with Crippen LogP contribution in [0.2, 0.25) is 5.02 Å². The van der Waals surface area contributed by atoms with Gasteiger partial charge in [-0.15, -0.1) is 23.2 Å². The molecule has 2 amide bonds. The van der Waals surface area contributed by atoms with E-state index in [2.05, 4.69) is 15.6 Å². The summed E-state index contributed by atoms with van der Waals surface area (Å²) in [6.07, 6.45) is 3.32. The minimum absolute atomic E-state index is 0.195. The first kappa shape index (κ1) is 17.8. The number of carbonyl (C=O) groups excluding carboxylic acids is 2. The minimum atomic E-state index is -1.02. The number of hydrogen-bond donors (Lipinski definition) is 3. The van der Waals surface area contributed by atoms with Crippen LogP contribution in [0.15, 0.2) is 36.7 Å². The molecule has 1 atom stereocenters. The van der Waals surface area contributed by atoms with Crippen molar-refractivity contribution in [3.05, 3.63) is 47.2 Å². The van der Waals surface area contributed by atoms with Gasteiger partial charge in [0.05, 0.1) is 34.1 Å². The molecule has 1 saturated carbocycles. The van der Waals surface area contributed by atoms with Gasteiger partial charge in [0.15, 0.2) is 0 Å². The van der Waals surface area contributed by atoms with Gasteiger partial charge in [-0.25, -0.2) is 0 Å². The standard InChI is InChI=1S/C16H13Cl3N4O2/c17-13-2-1-9(22-15(25)12-5-16(12,18)19)4-11(13)14(24)23-10-3-8(20)6-21-7-10/h1-4,6-7,12H,5,20H2,(H,22,25)(H,23,24). The summed E-state index contributed by atoms with van der Waals surface area (Å²) < 4.78 is -1.02. The first-order valence-corrected chi connectivity index (χ1v) is 8.40. The van der Waals surface area contributed by atoms with Crippen LogP contribution in [0.1, 0.15) is 16.8 Å². The zero-order chi connectivity index (χ0) is 18.2. The van der Waals surface area contributed by atoms with Crippen molar-refractivity contribution in [2.75, 3.05) is 16.4 Å².